The lowest BCUT2D eigenvalue weighted by Gasteiger charge is -2.57. The first-order chi connectivity index (χ1) is 12.3. The predicted octanol–water partition coefficient (Wildman–Crippen LogP) is 5.89. The van der Waals surface area contributed by atoms with Gasteiger partial charge in [-0.05, 0) is 46.6 Å². The Kier molecular flexibility index (Phi) is 3.78. The number of ether oxygens (including phenoxy) is 1. The van der Waals surface area contributed by atoms with E-state index in [-0.39, 0.29) is 16.4 Å². The average molecular weight is 370 g/mol. The molecule has 3 heteroatoms. The number of hydrogen-bond donors (Lipinski definition) is 1. The van der Waals surface area contributed by atoms with Gasteiger partial charge in [0.05, 0.1) is 6.10 Å². The molecule has 4 aliphatic rings. The van der Waals surface area contributed by atoms with Crippen LogP contribution in [0.2, 0.25) is 0 Å². The van der Waals surface area contributed by atoms with Gasteiger partial charge in [0.2, 0.25) is 0 Å². The molecule has 1 aromatic carbocycles. The van der Waals surface area contributed by atoms with Crippen LogP contribution in [0.5, 0.6) is 5.75 Å². The van der Waals surface area contributed by atoms with Gasteiger partial charge in [0.1, 0.15) is 17.0 Å². The molecule has 1 saturated heterocycles. The number of phenolic OH excluding ortho intramolecular Hbond substituents is 1. The molecule has 3 aliphatic carbocycles. The molecule has 3 nitrogen and oxygen atoms in total. The van der Waals surface area contributed by atoms with Crippen LogP contribution in [0.1, 0.15) is 79.4 Å². The lowest BCUT2D eigenvalue weighted by Crippen LogP contribution is -2.57. The summed E-state index contributed by atoms with van der Waals surface area (Å²) >= 11 is 0. The van der Waals surface area contributed by atoms with E-state index < -0.39 is 0 Å². The van der Waals surface area contributed by atoms with E-state index in [1.54, 1.807) is 0 Å². The topological polar surface area (TPSA) is 45.1 Å². The van der Waals surface area contributed by atoms with Crippen molar-refractivity contribution >= 4 is 11.9 Å². The Labute approximate surface area is 164 Å². The third-order valence-corrected chi connectivity index (χ3v) is 7.48. The molecule has 1 N–H and O–H groups in total. The highest BCUT2D eigenvalue weighted by Gasteiger charge is 2.74. The zero-order valence-electron chi connectivity index (χ0n) is 18.2. The van der Waals surface area contributed by atoms with E-state index in [2.05, 4.69) is 61.5 Å². The van der Waals surface area contributed by atoms with Crippen molar-refractivity contribution in [3.05, 3.63) is 23.3 Å². The summed E-state index contributed by atoms with van der Waals surface area (Å²) in [6.07, 6.45) is 4.74. The quantitative estimate of drug-likeness (QED) is 0.521. The minimum atomic E-state index is -0.204. The summed E-state index contributed by atoms with van der Waals surface area (Å²) < 4.78 is 6.18. The Bertz CT molecular complexity index is 809. The number of rotatable bonds is 2. The van der Waals surface area contributed by atoms with Crippen LogP contribution in [0.15, 0.2) is 17.1 Å². The molecule has 2 bridgehead atoms. The summed E-state index contributed by atoms with van der Waals surface area (Å²) in [4.78, 5) is 4.83. The van der Waals surface area contributed by atoms with Crippen LogP contribution < -0.4 is 0 Å². The fraction of sp³-hybridized carbons (Fsp3) is 0.708. The maximum atomic E-state index is 11.0. The summed E-state index contributed by atoms with van der Waals surface area (Å²) in [6, 6.07) is 4.19. The van der Waals surface area contributed by atoms with Crippen LogP contribution in [0.3, 0.4) is 0 Å². The fourth-order valence-corrected chi connectivity index (χ4v) is 5.29. The molecule has 0 spiro atoms. The van der Waals surface area contributed by atoms with Gasteiger partial charge in [-0.2, -0.15) is 0 Å². The zero-order valence-corrected chi connectivity index (χ0v) is 18.2. The largest absolute Gasteiger partial charge is 0.505 e. The molecule has 5 rings (SSSR count). The second-order valence-corrected chi connectivity index (χ2v) is 11.7. The molecule has 0 aromatic heterocycles. The second-order valence-electron chi connectivity index (χ2n) is 11.7. The van der Waals surface area contributed by atoms with E-state index in [9.17, 15) is 5.11 Å². The van der Waals surface area contributed by atoms with E-state index in [4.69, 9.17) is 9.73 Å². The summed E-state index contributed by atoms with van der Waals surface area (Å²) in [6.45, 7) is 17.8. The molecule has 0 amide bonds. The first-order valence-corrected chi connectivity index (χ1v) is 10.4. The Morgan fingerprint density at radius 1 is 1.07 bits per heavy atom. The van der Waals surface area contributed by atoms with Gasteiger partial charge in [-0.15, -0.1) is 0 Å². The molecule has 1 aromatic rings. The van der Waals surface area contributed by atoms with Gasteiger partial charge in [0.25, 0.3) is 0 Å². The molecule has 3 saturated carbocycles. The lowest BCUT2D eigenvalue weighted by atomic mass is 9.45. The highest BCUT2D eigenvalue weighted by molar-refractivity contribution is 5.80. The summed E-state index contributed by atoms with van der Waals surface area (Å²) in [5.74, 6) is 1.65. The lowest BCUT2D eigenvalue weighted by molar-refractivity contribution is -0.0640. The van der Waals surface area contributed by atoms with Gasteiger partial charge in [-0.25, -0.2) is 0 Å². The fourth-order valence-electron chi connectivity index (χ4n) is 5.29. The number of nitrogens with zero attached hydrogens (tertiary/aromatic N) is 1. The molecule has 4 atom stereocenters. The number of aromatic hydroxyl groups is 1. The third-order valence-electron chi connectivity index (χ3n) is 7.48. The number of epoxide rings is 1. The highest BCUT2D eigenvalue weighted by Crippen LogP contribution is 2.70. The summed E-state index contributed by atoms with van der Waals surface area (Å²) in [5, 5.41) is 11.0. The number of phenols is 1. The van der Waals surface area contributed by atoms with Crippen molar-refractivity contribution < 1.29 is 9.84 Å². The van der Waals surface area contributed by atoms with Crippen LogP contribution in [-0.2, 0) is 15.6 Å². The molecular weight excluding hydrogens is 334 g/mol. The van der Waals surface area contributed by atoms with E-state index in [0.29, 0.717) is 28.9 Å². The Morgan fingerprint density at radius 2 is 1.74 bits per heavy atom. The molecule has 4 unspecified atom stereocenters. The number of hydrogen-bond acceptors (Lipinski definition) is 3. The van der Waals surface area contributed by atoms with Gasteiger partial charge in [0, 0.05) is 17.7 Å². The molecule has 148 valence electrons. The Hall–Kier alpha value is -1.35. The first kappa shape index (κ1) is 19.0. The van der Waals surface area contributed by atoms with Crippen molar-refractivity contribution in [1.82, 2.24) is 0 Å². The van der Waals surface area contributed by atoms with E-state index >= 15 is 0 Å². The number of aliphatic imine (C=N–C) groups is 1. The monoisotopic (exact) mass is 369 g/mol. The average Bonchev–Trinajstić information content (AvgIpc) is 3.26. The van der Waals surface area contributed by atoms with Gasteiger partial charge >= 0.3 is 0 Å². The highest BCUT2D eigenvalue weighted by atomic mass is 16.6. The number of benzene rings is 1. The van der Waals surface area contributed by atoms with Crippen molar-refractivity contribution in [3.8, 4) is 5.75 Å². The Morgan fingerprint density at radius 3 is 2.30 bits per heavy atom. The Balaban J connectivity index is 1.73. The van der Waals surface area contributed by atoms with E-state index in [0.717, 1.165) is 17.9 Å². The van der Waals surface area contributed by atoms with Crippen LogP contribution in [0.25, 0.3) is 0 Å². The van der Waals surface area contributed by atoms with Crippen molar-refractivity contribution in [1.29, 1.82) is 0 Å². The summed E-state index contributed by atoms with van der Waals surface area (Å²) in [7, 11) is 0. The van der Waals surface area contributed by atoms with Crippen molar-refractivity contribution in [2.24, 2.45) is 22.2 Å². The normalized spacial score (nSPS) is 34.3. The van der Waals surface area contributed by atoms with Gasteiger partial charge in [-0.1, -0.05) is 61.5 Å². The van der Waals surface area contributed by atoms with Gasteiger partial charge < -0.3 is 9.84 Å². The van der Waals surface area contributed by atoms with Crippen LogP contribution in [0, 0.1) is 17.3 Å². The van der Waals surface area contributed by atoms with Crippen molar-refractivity contribution in [2.75, 3.05) is 0 Å². The van der Waals surface area contributed by atoms with Gasteiger partial charge in [0.15, 0.2) is 0 Å². The molecule has 4 fully saturated rings. The first-order valence-electron chi connectivity index (χ1n) is 10.4. The van der Waals surface area contributed by atoms with E-state index in [1.807, 2.05) is 12.3 Å². The minimum Gasteiger partial charge on any atom is -0.505 e. The van der Waals surface area contributed by atoms with Crippen LogP contribution in [0.4, 0.5) is 5.69 Å². The zero-order chi connectivity index (χ0) is 20.0. The molecule has 1 heterocycles. The van der Waals surface area contributed by atoms with Gasteiger partial charge in [-0.3, -0.25) is 4.99 Å². The molecule has 0 radical (unpaired) electrons. The van der Waals surface area contributed by atoms with Crippen LogP contribution in [-0.4, -0.2) is 23.0 Å². The van der Waals surface area contributed by atoms with Crippen molar-refractivity contribution in [2.45, 2.75) is 90.8 Å². The summed E-state index contributed by atoms with van der Waals surface area (Å²) in [5.41, 5.74) is 2.84. The predicted molar refractivity (Wildman–Crippen MR) is 111 cm³/mol. The minimum absolute atomic E-state index is 0.00287. The molecule has 27 heavy (non-hydrogen) atoms. The van der Waals surface area contributed by atoms with Crippen LogP contribution >= 0.6 is 0 Å². The van der Waals surface area contributed by atoms with Crippen molar-refractivity contribution in [3.63, 3.8) is 0 Å². The maximum Gasteiger partial charge on any atom is 0.144 e. The SMILES string of the molecule is CC(C)(C)c1cc(N=CC23OC2CC2CC3C2(C)C)c(O)c(C(C)(C)C)c1. The molecule has 1 aliphatic heterocycles. The third kappa shape index (κ3) is 2.76. The second kappa shape index (κ2) is 5.37. The maximum absolute atomic E-state index is 11.0. The smallest absolute Gasteiger partial charge is 0.144 e. The van der Waals surface area contributed by atoms with E-state index in [1.165, 1.54) is 12.0 Å². The standard InChI is InChI=1S/C24H35NO2/c1-21(2,3)14-9-16(22(4,5)6)20(26)17(10-14)25-13-24-18-11-15(23(18,7)8)12-19(24)27-24/h9-10,13,15,18-19,26H,11-12H2,1-8H3. The molecular formula is C24H35NO2.